The molecule has 7 nitrogen and oxygen atoms in total. The van der Waals surface area contributed by atoms with Crippen LogP contribution >= 0.6 is 0 Å². The maximum atomic E-state index is 12.9. The summed E-state index contributed by atoms with van der Waals surface area (Å²) >= 11 is 0. The van der Waals surface area contributed by atoms with Crippen molar-refractivity contribution < 1.29 is 8.42 Å². The van der Waals surface area contributed by atoms with Crippen LogP contribution in [0.3, 0.4) is 0 Å². The molecule has 1 aromatic heterocycles. The van der Waals surface area contributed by atoms with E-state index in [0.29, 0.717) is 31.5 Å². The predicted molar refractivity (Wildman–Crippen MR) is 132 cm³/mol. The Kier molecular flexibility index (Phi) is 6.14. The summed E-state index contributed by atoms with van der Waals surface area (Å²) in [7, 11) is -3.58. The summed E-state index contributed by atoms with van der Waals surface area (Å²) in [5.74, 6) is 0. The maximum absolute atomic E-state index is 12.9. The minimum absolute atomic E-state index is 0.0963. The standard InChI is InChI=1S/C26H25N5O2S/c27-17-19-4-3-5-20(14-19)22-15-21-7-11-28-18-24(21)25(16-22)30-23-8-12-31(13-9-23)34(32,33)26-6-1-2-10-29-26/h1-6,10,14-16,18,23,30H,7-9,11-13H2. The van der Waals surface area contributed by atoms with Gasteiger partial charge in [-0.1, -0.05) is 24.3 Å². The number of nitrogens with zero attached hydrogens (tertiary/aromatic N) is 4. The van der Waals surface area contributed by atoms with E-state index in [9.17, 15) is 13.7 Å². The van der Waals surface area contributed by atoms with Crippen LogP contribution < -0.4 is 5.32 Å². The molecule has 34 heavy (non-hydrogen) atoms. The number of hydrogen-bond acceptors (Lipinski definition) is 6. The SMILES string of the molecule is N#Cc1cccc(-c2cc3c(c(NC4CCN(S(=O)(=O)c5ccccn5)CC4)c2)C=NCC3)c1. The zero-order chi connectivity index (χ0) is 23.5. The van der Waals surface area contributed by atoms with Gasteiger partial charge in [0.1, 0.15) is 0 Å². The molecule has 0 unspecified atom stereocenters. The Morgan fingerprint density at radius 2 is 1.88 bits per heavy atom. The van der Waals surface area contributed by atoms with Crippen LogP contribution in [0.1, 0.15) is 29.5 Å². The van der Waals surface area contributed by atoms with Crippen LogP contribution in [-0.4, -0.2) is 49.6 Å². The van der Waals surface area contributed by atoms with Gasteiger partial charge in [-0.3, -0.25) is 4.99 Å². The summed E-state index contributed by atoms with van der Waals surface area (Å²) in [6, 6.07) is 19.2. The van der Waals surface area contributed by atoms with Gasteiger partial charge >= 0.3 is 0 Å². The molecule has 0 bridgehead atoms. The van der Waals surface area contributed by atoms with Gasteiger partial charge in [0.25, 0.3) is 10.0 Å². The zero-order valence-corrected chi connectivity index (χ0v) is 19.5. The Balaban J connectivity index is 1.37. The Hall–Kier alpha value is -3.54. The number of fused-ring (bicyclic) bond motifs is 1. The highest BCUT2D eigenvalue weighted by Gasteiger charge is 2.30. The third-order valence-electron chi connectivity index (χ3n) is 6.38. The molecule has 0 radical (unpaired) electrons. The molecule has 5 rings (SSSR count). The number of nitrogens with one attached hydrogen (secondary N) is 1. The van der Waals surface area contributed by atoms with E-state index in [1.165, 1.54) is 22.1 Å². The molecule has 0 spiro atoms. The molecule has 2 aliphatic rings. The van der Waals surface area contributed by atoms with Gasteiger partial charge in [0.15, 0.2) is 5.03 Å². The third kappa shape index (κ3) is 4.45. The summed E-state index contributed by atoms with van der Waals surface area (Å²) in [6.07, 6.45) is 5.70. The number of aromatic nitrogens is 1. The summed E-state index contributed by atoms with van der Waals surface area (Å²) < 4.78 is 27.3. The van der Waals surface area contributed by atoms with E-state index in [4.69, 9.17) is 0 Å². The molecule has 1 N–H and O–H groups in total. The molecule has 172 valence electrons. The van der Waals surface area contributed by atoms with Crippen molar-refractivity contribution in [3.63, 3.8) is 0 Å². The molecule has 0 amide bonds. The Morgan fingerprint density at radius 3 is 2.65 bits per heavy atom. The second-order valence-corrected chi connectivity index (χ2v) is 10.4. The van der Waals surface area contributed by atoms with Crippen LogP contribution in [0.25, 0.3) is 11.1 Å². The lowest BCUT2D eigenvalue weighted by molar-refractivity contribution is 0.329. The molecular weight excluding hydrogens is 446 g/mol. The molecule has 2 aromatic carbocycles. The van der Waals surface area contributed by atoms with Crippen molar-refractivity contribution in [2.24, 2.45) is 4.99 Å². The number of nitriles is 1. The number of rotatable bonds is 5. The van der Waals surface area contributed by atoms with E-state index < -0.39 is 10.0 Å². The van der Waals surface area contributed by atoms with Gasteiger partial charge in [-0.05, 0) is 66.3 Å². The molecule has 1 saturated heterocycles. The van der Waals surface area contributed by atoms with Crippen molar-refractivity contribution in [3.8, 4) is 17.2 Å². The quantitative estimate of drug-likeness (QED) is 0.609. The van der Waals surface area contributed by atoms with Crippen molar-refractivity contribution in [1.29, 1.82) is 5.26 Å². The number of aliphatic imine (C=N–C) groups is 1. The first-order chi connectivity index (χ1) is 16.5. The van der Waals surface area contributed by atoms with E-state index in [-0.39, 0.29) is 11.1 Å². The fourth-order valence-corrected chi connectivity index (χ4v) is 5.96. The van der Waals surface area contributed by atoms with Crippen molar-refractivity contribution in [2.45, 2.75) is 30.3 Å². The van der Waals surface area contributed by atoms with E-state index in [2.05, 4.69) is 33.5 Å². The van der Waals surface area contributed by atoms with Gasteiger partial charge in [-0.25, -0.2) is 13.4 Å². The minimum Gasteiger partial charge on any atom is -0.382 e. The average molecular weight is 472 g/mol. The van der Waals surface area contributed by atoms with E-state index in [0.717, 1.165) is 35.3 Å². The molecule has 8 heteroatoms. The zero-order valence-electron chi connectivity index (χ0n) is 18.7. The Labute approximate surface area is 199 Å². The monoisotopic (exact) mass is 471 g/mol. The average Bonchev–Trinajstić information content (AvgIpc) is 2.89. The highest BCUT2D eigenvalue weighted by Crippen LogP contribution is 2.32. The summed E-state index contributed by atoms with van der Waals surface area (Å²) in [4.78, 5) is 8.51. The van der Waals surface area contributed by atoms with Crippen LogP contribution in [0.15, 0.2) is 70.8 Å². The minimum atomic E-state index is -3.58. The van der Waals surface area contributed by atoms with Gasteiger partial charge in [0.05, 0.1) is 11.6 Å². The van der Waals surface area contributed by atoms with Crippen LogP contribution in [0.5, 0.6) is 0 Å². The van der Waals surface area contributed by atoms with Crippen molar-refractivity contribution in [1.82, 2.24) is 9.29 Å². The van der Waals surface area contributed by atoms with Crippen LogP contribution in [0, 0.1) is 11.3 Å². The summed E-state index contributed by atoms with van der Waals surface area (Å²) in [5.41, 5.74) is 6.02. The fraction of sp³-hybridized carbons (Fsp3) is 0.269. The second-order valence-electron chi connectivity index (χ2n) is 8.57. The largest absolute Gasteiger partial charge is 0.382 e. The predicted octanol–water partition coefficient (Wildman–Crippen LogP) is 3.86. The van der Waals surface area contributed by atoms with Crippen molar-refractivity contribution in [2.75, 3.05) is 25.0 Å². The molecule has 3 heterocycles. The van der Waals surface area contributed by atoms with E-state index in [1.807, 2.05) is 24.4 Å². The number of hydrogen-bond donors (Lipinski definition) is 1. The lowest BCUT2D eigenvalue weighted by Crippen LogP contribution is -2.42. The van der Waals surface area contributed by atoms with Gasteiger partial charge in [-0.2, -0.15) is 9.57 Å². The summed E-state index contributed by atoms with van der Waals surface area (Å²) in [6.45, 7) is 1.64. The lowest BCUT2D eigenvalue weighted by atomic mass is 9.93. The van der Waals surface area contributed by atoms with E-state index >= 15 is 0 Å². The number of anilines is 1. The number of benzene rings is 2. The van der Waals surface area contributed by atoms with Crippen LogP contribution in [0.4, 0.5) is 5.69 Å². The van der Waals surface area contributed by atoms with Gasteiger partial charge < -0.3 is 5.32 Å². The Morgan fingerprint density at radius 1 is 1.03 bits per heavy atom. The molecule has 0 aliphatic carbocycles. The van der Waals surface area contributed by atoms with Crippen molar-refractivity contribution >= 4 is 21.9 Å². The summed E-state index contributed by atoms with van der Waals surface area (Å²) in [5, 5.41) is 13.1. The highest BCUT2D eigenvalue weighted by atomic mass is 32.2. The van der Waals surface area contributed by atoms with Gasteiger partial charge in [0.2, 0.25) is 0 Å². The smallest absolute Gasteiger partial charge is 0.260 e. The Bertz CT molecular complexity index is 1370. The fourth-order valence-electron chi connectivity index (χ4n) is 4.56. The first kappa shape index (κ1) is 22.3. The number of piperidine rings is 1. The number of pyridine rings is 1. The molecular formula is C26H25N5O2S. The maximum Gasteiger partial charge on any atom is 0.260 e. The molecule has 1 fully saturated rings. The molecule has 2 aliphatic heterocycles. The second kappa shape index (κ2) is 9.37. The normalized spacial score (nSPS) is 16.6. The van der Waals surface area contributed by atoms with Crippen LogP contribution in [0.2, 0.25) is 0 Å². The van der Waals surface area contributed by atoms with E-state index in [1.54, 1.807) is 18.2 Å². The molecule has 0 saturated carbocycles. The topological polar surface area (TPSA) is 98.5 Å². The molecule has 3 aromatic rings. The number of sulfonamides is 1. The lowest BCUT2D eigenvalue weighted by Gasteiger charge is -2.32. The van der Waals surface area contributed by atoms with Gasteiger partial charge in [0, 0.05) is 49.3 Å². The van der Waals surface area contributed by atoms with Crippen LogP contribution in [-0.2, 0) is 16.4 Å². The third-order valence-corrected chi connectivity index (χ3v) is 8.19. The van der Waals surface area contributed by atoms with Crippen molar-refractivity contribution in [3.05, 3.63) is 77.5 Å². The van der Waals surface area contributed by atoms with Gasteiger partial charge in [-0.15, -0.1) is 0 Å². The first-order valence-electron chi connectivity index (χ1n) is 11.4. The highest BCUT2D eigenvalue weighted by molar-refractivity contribution is 7.89. The molecule has 0 atom stereocenters. The first-order valence-corrected chi connectivity index (χ1v) is 12.8.